The van der Waals surface area contributed by atoms with E-state index in [-0.39, 0.29) is 18.0 Å². The molecule has 1 heterocycles. The lowest BCUT2D eigenvalue weighted by atomic mass is 10.1. The maximum atomic E-state index is 10.7. The molecule has 0 aliphatic heterocycles. The topological polar surface area (TPSA) is 88.2 Å². The van der Waals surface area contributed by atoms with E-state index in [4.69, 9.17) is 17.3 Å². The maximum absolute atomic E-state index is 10.7. The molecule has 4 N–H and O–H groups in total. The van der Waals surface area contributed by atoms with Gasteiger partial charge in [-0.25, -0.2) is 0 Å². The van der Waals surface area contributed by atoms with E-state index in [9.17, 15) is 9.90 Å². The summed E-state index contributed by atoms with van der Waals surface area (Å²) in [6, 6.07) is 8.78. The molecule has 0 bridgehead atoms. The molecule has 0 fully saturated rings. The van der Waals surface area contributed by atoms with Crippen LogP contribution in [-0.2, 0) is 4.79 Å². The molecular formula is C15H14ClN3O2. The van der Waals surface area contributed by atoms with Crippen LogP contribution in [0.4, 0.5) is 0 Å². The van der Waals surface area contributed by atoms with Gasteiger partial charge in [0.05, 0.1) is 12.2 Å². The Labute approximate surface area is 127 Å². The largest absolute Gasteiger partial charge is 0.506 e. The van der Waals surface area contributed by atoms with E-state index in [0.717, 1.165) is 11.1 Å². The van der Waals surface area contributed by atoms with Crippen molar-refractivity contribution in [3.05, 3.63) is 53.8 Å². The molecule has 2 rings (SSSR count). The number of halogens is 1. The summed E-state index contributed by atoms with van der Waals surface area (Å²) < 4.78 is 0. The van der Waals surface area contributed by atoms with Gasteiger partial charge in [0.15, 0.2) is 0 Å². The van der Waals surface area contributed by atoms with Crippen LogP contribution >= 0.6 is 11.6 Å². The van der Waals surface area contributed by atoms with Crippen LogP contribution in [0.5, 0.6) is 5.75 Å². The van der Waals surface area contributed by atoms with E-state index in [1.54, 1.807) is 24.4 Å². The summed E-state index contributed by atoms with van der Waals surface area (Å²) in [4.78, 5) is 14.9. The van der Waals surface area contributed by atoms with Gasteiger partial charge in [-0.3, -0.25) is 9.78 Å². The predicted octanol–water partition coefficient (Wildman–Crippen LogP) is 2.15. The van der Waals surface area contributed by atoms with Crippen molar-refractivity contribution in [1.29, 1.82) is 0 Å². The Bertz CT molecular complexity index is 701. The smallest absolute Gasteiger partial charge is 0.236 e. The molecular weight excluding hydrogens is 290 g/mol. The minimum Gasteiger partial charge on any atom is -0.506 e. The van der Waals surface area contributed by atoms with Crippen molar-refractivity contribution in [1.82, 2.24) is 10.3 Å². The number of primary amides is 1. The summed E-state index contributed by atoms with van der Waals surface area (Å²) >= 11 is 5.94. The van der Waals surface area contributed by atoms with Crippen LogP contribution in [0.15, 0.2) is 43.1 Å². The number of aromatic nitrogens is 1. The van der Waals surface area contributed by atoms with Crippen LogP contribution in [0, 0.1) is 0 Å². The molecule has 0 atom stereocenters. The molecule has 1 aromatic heterocycles. The second-order valence-electron chi connectivity index (χ2n) is 4.40. The first-order valence-corrected chi connectivity index (χ1v) is 6.51. The van der Waals surface area contributed by atoms with Gasteiger partial charge in [-0.1, -0.05) is 30.3 Å². The van der Waals surface area contributed by atoms with Crippen LogP contribution < -0.4 is 11.1 Å². The third kappa shape index (κ3) is 3.73. The van der Waals surface area contributed by atoms with E-state index >= 15 is 0 Å². The number of nitrogens with one attached hydrogen (secondary N) is 1. The first kappa shape index (κ1) is 14.9. The molecule has 108 valence electrons. The van der Waals surface area contributed by atoms with Crippen molar-refractivity contribution in [3.63, 3.8) is 0 Å². The SMILES string of the molecule is C=C(NCC(N)=O)c1ncc(-c2cccc(Cl)c2)cc1O. The minimum atomic E-state index is -0.522. The number of carbonyl (C=O) groups is 1. The zero-order valence-electron chi connectivity index (χ0n) is 11.1. The summed E-state index contributed by atoms with van der Waals surface area (Å²) in [6.45, 7) is 3.64. The number of hydrogen-bond donors (Lipinski definition) is 3. The fourth-order valence-corrected chi connectivity index (χ4v) is 1.98. The number of rotatable bonds is 5. The summed E-state index contributed by atoms with van der Waals surface area (Å²) in [6.07, 6.45) is 1.60. The van der Waals surface area contributed by atoms with E-state index in [1.165, 1.54) is 0 Å². The molecule has 6 heteroatoms. The molecule has 0 saturated carbocycles. The molecule has 0 aliphatic rings. The number of hydrogen-bond acceptors (Lipinski definition) is 4. The van der Waals surface area contributed by atoms with Gasteiger partial charge >= 0.3 is 0 Å². The second-order valence-corrected chi connectivity index (χ2v) is 4.84. The molecule has 2 aromatic rings. The van der Waals surface area contributed by atoms with Gasteiger partial charge in [-0.05, 0) is 23.8 Å². The lowest BCUT2D eigenvalue weighted by molar-refractivity contribution is -0.117. The van der Waals surface area contributed by atoms with Crippen LogP contribution in [0.3, 0.4) is 0 Å². The lowest BCUT2D eigenvalue weighted by Gasteiger charge is -2.10. The Morgan fingerprint density at radius 2 is 2.14 bits per heavy atom. The third-order valence-electron chi connectivity index (χ3n) is 2.79. The maximum Gasteiger partial charge on any atom is 0.236 e. The van der Waals surface area contributed by atoms with E-state index in [1.807, 2.05) is 12.1 Å². The van der Waals surface area contributed by atoms with Crippen LogP contribution in [-0.4, -0.2) is 22.5 Å². The predicted molar refractivity (Wildman–Crippen MR) is 82.6 cm³/mol. The third-order valence-corrected chi connectivity index (χ3v) is 3.02. The number of carbonyl (C=O) groups excluding carboxylic acids is 1. The van der Waals surface area contributed by atoms with Gasteiger partial charge in [-0.2, -0.15) is 0 Å². The van der Waals surface area contributed by atoms with Crippen LogP contribution in [0.1, 0.15) is 5.69 Å². The number of benzene rings is 1. The molecule has 0 radical (unpaired) electrons. The zero-order valence-corrected chi connectivity index (χ0v) is 11.9. The summed E-state index contributed by atoms with van der Waals surface area (Å²) in [5.74, 6) is -0.569. The molecule has 0 saturated heterocycles. The highest BCUT2D eigenvalue weighted by atomic mass is 35.5. The number of nitrogens with two attached hydrogens (primary N) is 1. The van der Waals surface area contributed by atoms with Crippen molar-refractivity contribution >= 4 is 23.2 Å². The van der Waals surface area contributed by atoms with Gasteiger partial charge in [-0.15, -0.1) is 0 Å². The standard InChI is InChI=1S/C15H14ClN3O2/c1-9(18-8-14(17)21)15-13(20)6-11(7-19-15)10-3-2-4-12(16)5-10/h2-7,18,20H,1,8H2,(H2,17,21). The Morgan fingerprint density at radius 1 is 1.38 bits per heavy atom. The van der Waals surface area contributed by atoms with Gasteiger partial charge in [0.2, 0.25) is 5.91 Å². The van der Waals surface area contributed by atoms with Crippen LogP contribution in [0.25, 0.3) is 16.8 Å². The Kier molecular flexibility index (Phi) is 4.45. The number of pyridine rings is 1. The second kappa shape index (κ2) is 6.28. The van der Waals surface area contributed by atoms with Crippen molar-refractivity contribution in [2.24, 2.45) is 5.73 Å². The number of amides is 1. The summed E-state index contributed by atoms with van der Waals surface area (Å²) in [7, 11) is 0. The molecule has 21 heavy (non-hydrogen) atoms. The summed E-state index contributed by atoms with van der Waals surface area (Å²) in [5, 5.41) is 13.3. The van der Waals surface area contributed by atoms with Crippen molar-refractivity contribution < 1.29 is 9.90 Å². The van der Waals surface area contributed by atoms with Gasteiger partial charge < -0.3 is 16.2 Å². The highest BCUT2D eigenvalue weighted by molar-refractivity contribution is 6.30. The average Bonchev–Trinajstić information content (AvgIpc) is 2.44. The highest BCUT2D eigenvalue weighted by Crippen LogP contribution is 2.28. The minimum absolute atomic E-state index is 0.0468. The Balaban J connectivity index is 2.25. The van der Waals surface area contributed by atoms with Crippen molar-refractivity contribution in [2.45, 2.75) is 0 Å². The molecule has 0 aliphatic carbocycles. The quantitative estimate of drug-likeness (QED) is 0.789. The fraction of sp³-hybridized carbons (Fsp3) is 0.0667. The Hall–Kier alpha value is -2.53. The normalized spacial score (nSPS) is 10.1. The van der Waals surface area contributed by atoms with E-state index in [2.05, 4.69) is 16.9 Å². The molecule has 1 aromatic carbocycles. The zero-order chi connectivity index (χ0) is 15.4. The van der Waals surface area contributed by atoms with Crippen molar-refractivity contribution in [2.75, 3.05) is 6.54 Å². The van der Waals surface area contributed by atoms with E-state index in [0.29, 0.717) is 10.7 Å². The van der Waals surface area contributed by atoms with Crippen LogP contribution in [0.2, 0.25) is 5.02 Å². The van der Waals surface area contributed by atoms with E-state index < -0.39 is 5.91 Å². The highest BCUT2D eigenvalue weighted by Gasteiger charge is 2.10. The van der Waals surface area contributed by atoms with Gasteiger partial charge in [0.25, 0.3) is 0 Å². The Morgan fingerprint density at radius 3 is 2.76 bits per heavy atom. The molecule has 5 nitrogen and oxygen atoms in total. The first-order chi connectivity index (χ1) is 9.97. The van der Waals surface area contributed by atoms with Crippen molar-refractivity contribution in [3.8, 4) is 16.9 Å². The molecule has 1 amide bonds. The first-order valence-electron chi connectivity index (χ1n) is 6.14. The monoisotopic (exact) mass is 303 g/mol. The molecule has 0 spiro atoms. The van der Waals surface area contributed by atoms with Gasteiger partial charge in [0.1, 0.15) is 11.4 Å². The summed E-state index contributed by atoms with van der Waals surface area (Å²) in [5.41, 5.74) is 7.19. The lowest BCUT2D eigenvalue weighted by Crippen LogP contribution is -2.27. The fourth-order valence-electron chi connectivity index (χ4n) is 1.79. The average molecular weight is 304 g/mol. The molecule has 0 unspecified atom stereocenters. The number of aromatic hydroxyl groups is 1. The van der Waals surface area contributed by atoms with Gasteiger partial charge in [0, 0.05) is 16.8 Å². The number of nitrogens with zero attached hydrogens (tertiary/aromatic N) is 1.